The highest BCUT2D eigenvalue weighted by Gasteiger charge is 2.20. The van der Waals surface area contributed by atoms with Gasteiger partial charge in [-0.15, -0.1) is 11.3 Å². The van der Waals surface area contributed by atoms with Gasteiger partial charge in [-0.1, -0.05) is 66.7 Å². The lowest BCUT2D eigenvalue weighted by Crippen LogP contribution is -2.30. The van der Waals surface area contributed by atoms with Gasteiger partial charge >= 0.3 is 0 Å². The number of hydrogen-bond acceptors (Lipinski definition) is 4. The van der Waals surface area contributed by atoms with Crippen molar-refractivity contribution in [2.75, 3.05) is 0 Å². The van der Waals surface area contributed by atoms with Gasteiger partial charge in [-0.25, -0.2) is 4.98 Å². The average molecular weight is 371 g/mol. The number of benzene rings is 2. The fourth-order valence-electron chi connectivity index (χ4n) is 2.82. The van der Waals surface area contributed by atoms with E-state index in [9.17, 15) is 4.79 Å². The summed E-state index contributed by atoms with van der Waals surface area (Å²) in [4.78, 5) is 21.8. The van der Waals surface area contributed by atoms with Crippen molar-refractivity contribution in [2.45, 2.75) is 6.04 Å². The number of carbonyl (C=O) groups is 1. The van der Waals surface area contributed by atoms with E-state index in [0.717, 1.165) is 21.8 Å². The Hall–Kier alpha value is -3.31. The summed E-state index contributed by atoms with van der Waals surface area (Å²) in [5, 5.41) is 5.69. The molecule has 4 aromatic rings. The van der Waals surface area contributed by atoms with Crippen molar-refractivity contribution in [1.82, 2.24) is 15.3 Å². The number of amides is 1. The summed E-state index contributed by atoms with van der Waals surface area (Å²) in [6.07, 6.45) is 1.73. The molecular formula is C22H17N3OS. The van der Waals surface area contributed by atoms with Crippen LogP contribution in [0.3, 0.4) is 0 Å². The van der Waals surface area contributed by atoms with Crippen LogP contribution in [0.25, 0.3) is 10.6 Å². The summed E-state index contributed by atoms with van der Waals surface area (Å²) in [7, 11) is 0. The molecule has 5 heteroatoms. The molecule has 4 nitrogen and oxygen atoms in total. The fraction of sp³-hybridized carbons (Fsp3) is 0.0455. The normalized spacial score (nSPS) is 11.7. The van der Waals surface area contributed by atoms with Gasteiger partial charge in [0.05, 0.1) is 11.7 Å². The van der Waals surface area contributed by atoms with Crippen LogP contribution in [0.5, 0.6) is 0 Å². The first-order valence-electron chi connectivity index (χ1n) is 8.59. The number of nitrogens with one attached hydrogen (secondary N) is 1. The van der Waals surface area contributed by atoms with Crippen LogP contribution in [-0.4, -0.2) is 15.9 Å². The number of hydrogen-bond donors (Lipinski definition) is 1. The van der Waals surface area contributed by atoms with Crippen LogP contribution in [0.2, 0.25) is 0 Å². The maximum atomic E-state index is 12.9. The zero-order valence-corrected chi connectivity index (χ0v) is 15.3. The lowest BCUT2D eigenvalue weighted by molar-refractivity contribution is 0.0938. The van der Waals surface area contributed by atoms with E-state index in [4.69, 9.17) is 0 Å². The third kappa shape index (κ3) is 3.93. The minimum absolute atomic E-state index is 0.215. The molecule has 132 valence electrons. The van der Waals surface area contributed by atoms with E-state index < -0.39 is 0 Å². The lowest BCUT2D eigenvalue weighted by atomic mass is 10.0. The van der Waals surface area contributed by atoms with Gasteiger partial charge < -0.3 is 5.32 Å². The van der Waals surface area contributed by atoms with Crippen LogP contribution in [0.4, 0.5) is 0 Å². The van der Waals surface area contributed by atoms with Crippen LogP contribution in [-0.2, 0) is 0 Å². The van der Waals surface area contributed by atoms with Gasteiger partial charge in [0.1, 0.15) is 10.7 Å². The van der Waals surface area contributed by atoms with Crippen LogP contribution in [0.15, 0.2) is 90.4 Å². The van der Waals surface area contributed by atoms with E-state index in [1.54, 1.807) is 11.6 Å². The van der Waals surface area contributed by atoms with Crippen molar-refractivity contribution in [3.05, 3.63) is 107 Å². The molecule has 4 rings (SSSR count). The number of nitrogens with zero attached hydrogens (tertiary/aromatic N) is 2. The Bertz CT molecular complexity index is 978. The summed E-state index contributed by atoms with van der Waals surface area (Å²) in [5.41, 5.74) is 3.18. The molecule has 2 aromatic carbocycles. The number of aromatic nitrogens is 2. The smallest absolute Gasteiger partial charge is 0.271 e. The molecule has 0 spiro atoms. The highest BCUT2D eigenvalue weighted by Crippen LogP contribution is 2.25. The SMILES string of the molecule is O=C(NC(c1ccccc1)c1ccccn1)c1csc(-c2ccccc2)n1. The van der Waals surface area contributed by atoms with Crippen molar-refractivity contribution in [1.29, 1.82) is 0 Å². The quantitative estimate of drug-likeness (QED) is 0.552. The molecular weight excluding hydrogens is 354 g/mol. The molecule has 27 heavy (non-hydrogen) atoms. The highest BCUT2D eigenvalue weighted by molar-refractivity contribution is 7.13. The van der Waals surface area contributed by atoms with E-state index in [1.807, 2.05) is 78.9 Å². The maximum absolute atomic E-state index is 12.9. The maximum Gasteiger partial charge on any atom is 0.271 e. The monoisotopic (exact) mass is 371 g/mol. The van der Waals surface area contributed by atoms with Gasteiger partial charge in [0.25, 0.3) is 5.91 Å². The second-order valence-corrected chi connectivity index (χ2v) is 6.83. The zero-order valence-electron chi connectivity index (χ0n) is 14.4. The molecule has 1 atom stereocenters. The largest absolute Gasteiger partial charge is 0.338 e. The minimum Gasteiger partial charge on any atom is -0.338 e. The summed E-state index contributed by atoms with van der Waals surface area (Å²) in [6, 6.07) is 25.0. The minimum atomic E-state index is -0.332. The van der Waals surface area contributed by atoms with Crippen molar-refractivity contribution in [3.63, 3.8) is 0 Å². The van der Waals surface area contributed by atoms with Crippen LogP contribution in [0, 0.1) is 0 Å². The predicted octanol–water partition coefficient (Wildman–Crippen LogP) is 4.72. The number of carbonyl (C=O) groups excluding carboxylic acids is 1. The molecule has 0 aliphatic heterocycles. The Balaban J connectivity index is 1.60. The van der Waals surface area contributed by atoms with Gasteiger partial charge in [0.2, 0.25) is 0 Å². The molecule has 2 aromatic heterocycles. The first-order chi connectivity index (χ1) is 13.3. The zero-order chi connectivity index (χ0) is 18.5. The summed E-state index contributed by atoms with van der Waals surface area (Å²) >= 11 is 1.46. The van der Waals surface area contributed by atoms with Crippen molar-refractivity contribution in [2.24, 2.45) is 0 Å². The molecule has 1 N–H and O–H groups in total. The fourth-order valence-corrected chi connectivity index (χ4v) is 3.62. The molecule has 0 saturated carbocycles. The van der Waals surface area contributed by atoms with Gasteiger partial charge in [-0.3, -0.25) is 9.78 Å². The Kier molecular flexibility index (Phi) is 5.03. The highest BCUT2D eigenvalue weighted by atomic mass is 32.1. The molecule has 2 heterocycles. The standard InChI is InChI=1S/C22H17N3OS/c26-21(19-15-27-22(24-19)17-11-5-2-6-12-17)25-20(16-9-3-1-4-10-16)18-13-7-8-14-23-18/h1-15,20H,(H,25,26). The molecule has 1 unspecified atom stereocenters. The van der Waals surface area contributed by atoms with E-state index >= 15 is 0 Å². The topological polar surface area (TPSA) is 54.9 Å². The second kappa shape index (κ2) is 7.93. The summed E-state index contributed by atoms with van der Waals surface area (Å²) in [5.74, 6) is -0.215. The molecule has 0 bridgehead atoms. The molecule has 0 aliphatic rings. The van der Waals surface area contributed by atoms with Crippen LogP contribution < -0.4 is 5.32 Å². The Labute approximate surface area is 161 Å². The molecule has 0 aliphatic carbocycles. The lowest BCUT2D eigenvalue weighted by Gasteiger charge is -2.18. The summed E-state index contributed by atoms with van der Waals surface area (Å²) < 4.78 is 0. The molecule has 1 amide bonds. The van der Waals surface area contributed by atoms with E-state index in [2.05, 4.69) is 15.3 Å². The van der Waals surface area contributed by atoms with Gasteiger partial charge in [-0.05, 0) is 17.7 Å². The number of pyridine rings is 1. The van der Waals surface area contributed by atoms with E-state index in [0.29, 0.717) is 5.69 Å². The molecule has 0 radical (unpaired) electrons. The third-order valence-electron chi connectivity index (χ3n) is 4.15. The first kappa shape index (κ1) is 17.1. The molecule has 0 fully saturated rings. The Morgan fingerprint density at radius 3 is 2.30 bits per heavy atom. The van der Waals surface area contributed by atoms with Gasteiger partial charge in [0.15, 0.2) is 0 Å². The average Bonchev–Trinajstić information content (AvgIpc) is 3.24. The van der Waals surface area contributed by atoms with Crippen molar-refractivity contribution >= 4 is 17.2 Å². The van der Waals surface area contributed by atoms with Gasteiger partial charge in [-0.2, -0.15) is 0 Å². The molecule has 0 saturated heterocycles. The third-order valence-corrected chi connectivity index (χ3v) is 5.04. The predicted molar refractivity (Wildman–Crippen MR) is 108 cm³/mol. The number of rotatable bonds is 5. The number of thiazole rings is 1. The van der Waals surface area contributed by atoms with Gasteiger partial charge in [0, 0.05) is 17.1 Å². The Morgan fingerprint density at radius 2 is 1.59 bits per heavy atom. The van der Waals surface area contributed by atoms with E-state index in [1.165, 1.54) is 11.3 Å². The Morgan fingerprint density at radius 1 is 0.889 bits per heavy atom. The van der Waals surface area contributed by atoms with E-state index in [-0.39, 0.29) is 11.9 Å². The van der Waals surface area contributed by atoms with Crippen molar-refractivity contribution in [3.8, 4) is 10.6 Å². The second-order valence-electron chi connectivity index (χ2n) is 5.98. The van der Waals surface area contributed by atoms with Crippen LogP contribution in [0.1, 0.15) is 27.8 Å². The first-order valence-corrected chi connectivity index (χ1v) is 9.47. The van der Waals surface area contributed by atoms with Crippen LogP contribution >= 0.6 is 11.3 Å². The van der Waals surface area contributed by atoms with Crippen molar-refractivity contribution < 1.29 is 4.79 Å². The summed E-state index contributed by atoms with van der Waals surface area (Å²) in [6.45, 7) is 0.